The lowest BCUT2D eigenvalue weighted by Gasteiger charge is -2.05. The maximum atomic E-state index is 11.6. The summed E-state index contributed by atoms with van der Waals surface area (Å²) in [4.78, 5) is 10.4. The zero-order chi connectivity index (χ0) is 10.3. The van der Waals surface area contributed by atoms with E-state index in [1.807, 2.05) is 0 Å². The molecule has 0 atom stereocenters. The summed E-state index contributed by atoms with van der Waals surface area (Å²) in [5, 5.41) is 0. The molecule has 3 N–H and O–H groups in total. The Morgan fingerprint density at radius 2 is 2.08 bits per heavy atom. The normalized spacial score (nSPS) is 11.4. The lowest BCUT2D eigenvalue weighted by Crippen LogP contribution is -2.33. The molecule has 0 aliphatic carbocycles. The highest BCUT2D eigenvalue weighted by Gasteiger charge is 2.25. The van der Waals surface area contributed by atoms with E-state index in [1.54, 1.807) is 5.43 Å². The van der Waals surface area contributed by atoms with Gasteiger partial charge in [0.15, 0.2) is 0 Å². The van der Waals surface area contributed by atoms with E-state index in [2.05, 4.69) is 4.74 Å². The number of halogens is 3. The number of carbonyl (C=O) groups is 1. The molecular formula is C6H11F3N2O2. The SMILES string of the molecule is NNC(=O)COCCCC(F)(F)F. The fourth-order valence-corrected chi connectivity index (χ4v) is 0.581. The van der Waals surface area contributed by atoms with Crippen molar-refractivity contribution in [2.45, 2.75) is 19.0 Å². The number of nitrogens with one attached hydrogen (secondary N) is 1. The molecule has 0 aromatic carbocycles. The second-order valence-corrected chi connectivity index (χ2v) is 2.34. The number of hydrazine groups is 1. The van der Waals surface area contributed by atoms with Crippen molar-refractivity contribution in [1.82, 2.24) is 5.43 Å². The molecule has 0 radical (unpaired) electrons. The number of hydrogen-bond donors (Lipinski definition) is 2. The van der Waals surface area contributed by atoms with Crippen LogP contribution in [0.5, 0.6) is 0 Å². The lowest BCUT2D eigenvalue weighted by molar-refractivity contribution is -0.138. The van der Waals surface area contributed by atoms with Crippen LogP contribution in [-0.4, -0.2) is 25.3 Å². The van der Waals surface area contributed by atoms with Gasteiger partial charge in [-0.3, -0.25) is 10.2 Å². The van der Waals surface area contributed by atoms with Gasteiger partial charge in [-0.05, 0) is 6.42 Å². The molecule has 0 heterocycles. The Morgan fingerprint density at radius 1 is 1.46 bits per heavy atom. The van der Waals surface area contributed by atoms with Gasteiger partial charge in [-0.15, -0.1) is 0 Å². The maximum Gasteiger partial charge on any atom is 0.389 e. The van der Waals surface area contributed by atoms with E-state index in [1.165, 1.54) is 0 Å². The Bertz CT molecular complexity index is 160. The molecule has 0 unspecified atom stereocenters. The molecule has 13 heavy (non-hydrogen) atoms. The molecule has 0 saturated heterocycles. The summed E-state index contributed by atoms with van der Waals surface area (Å²) in [6.07, 6.45) is -5.22. The minimum Gasteiger partial charge on any atom is -0.372 e. The molecule has 0 spiro atoms. The smallest absolute Gasteiger partial charge is 0.372 e. The number of alkyl halides is 3. The van der Waals surface area contributed by atoms with Gasteiger partial charge >= 0.3 is 6.18 Å². The molecule has 0 aliphatic heterocycles. The van der Waals surface area contributed by atoms with E-state index in [9.17, 15) is 18.0 Å². The van der Waals surface area contributed by atoms with Crippen LogP contribution in [0.15, 0.2) is 0 Å². The molecule has 0 rings (SSSR count). The molecule has 4 nitrogen and oxygen atoms in total. The summed E-state index contributed by atoms with van der Waals surface area (Å²) < 4.78 is 39.2. The van der Waals surface area contributed by atoms with Gasteiger partial charge in [-0.25, -0.2) is 5.84 Å². The van der Waals surface area contributed by atoms with Gasteiger partial charge in [0.2, 0.25) is 0 Å². The van der Waals surface area contributed by atoms with Crippen molar-refractivity contribution in [2.75, 3.05) is 13.2 Å². The van der Waals surface area contributed by atoms with Gasteiger partial charge in [0.05, 0.1) is 0 Å². The Balaban J connectivity index is 3.22. The summed E-state index contributed by atoms with van der Waals surface area (Å²) in [6, 6.07) is 0. The predicted molar refractivity (Wildman–Crippen MR) is 38.4 cm³/mol. The van der Waals surface area contributed by atoms with Gasteiger partial charge in [0, 0.05) is 13.0 Å². The molecule has 0 saturated carbocycles. The van der Waals surface area contributed by atoms with E-state index in [4.69, 9.17) is 5.84 Å². The highest BCUT2D eigenvalue weighted by molar-refractivity contribution is 5.76. The first-order chi connectivity index (χ1) is 5.95. The first-order valence-electron chi connectivity index (χ1n) is 3.59. The van der Waals surface area contributed by atoms with Crippen LogP contribution in [0.2, 0.25) is 0 Å². The van der Waals surface area contributed by atoms with Crippen LogP contribution >= 0.6 is 0 Å². The zero-order valence-corrected chi connectivity index (χ0v) is 6.86. The summed E-state index contributed by atoms with van der Waals surface area (Å²) in [6.45, 7) is -0.415. The molecular weight excluding hydrogens is 189 g/mol. The van der Waals surface area contributed by atoms with Crippen LogP contribution in [0.25, 0.3) is 0 Å². The Kier molecular flexibility index (Phi) is 5.40. The molecule has 0 fully saturated rings. The maximum absolute atomic E-state index is 11.6. The van der Waals surface area contributed by atoms with Gasteiger partial charge in [0.1, 0.15) is 6.61 Å². The van der Waals surface area contributed by atoms with Crippen molar-refractivity contribution in [3.63, 3.8) is 0 Å². The predicted octanol–water partition coefficient (Wildman–Crippen LogP) is 0.335. The van der Waals surface area contributed by atoms with Crippen molar-refractivity contribution in [3.05, 3.63) is 0 Å². The molecule has 0 aromatic rings. The highest BCUT2D eigenvalue weighted by Crippen LogP contribution is 2.20. The fraction of sp³-hybridized carbons (Fsp3) is 0.833. The van der Waals surface area contributed by atoms with Crippen molar-refractivity contribution >= 4 is 5.91 Å². The monoisotopic (exact) mass is 200 g/mol. The number of hydrogen-bond acceptors (Lipinski definition) is 3. The fourth-order valence-electron chi connectivity index (χ4n) is 0.581. The second-order valence-electron chi connectivity index (χ2n) is 2.34. The molecule has 0 bridgehead atoms. The number of carbonyl (C=O) groups excluding carboxylic acids is 1. The number of rotatable bonds is 5. The first-order valence-corrected chi connectivity index (χ1v) is 3.59. The molecule has 78 valence electrons. The van der Waals surface area contributed by atoms with Crippen LogP contribution in [0.3, 0.4) is 0 Å². The van der Waals surface area contributed by atoms with E-state index >= 15 is 0 Å². The van der Waals surface area contributed by atoms with Crippen molar-refractivity contribution in [3.8, 4) is 0 Å². The van der Waals surface area contributed by atoms with Crippen molar-refractivity contribution < 1.29 is 22.7 Å². The Morgan fingerprint density at radius 3 is 2.54 bits per heavy atom. The largest absolute Gasteiger partial charge is 0.389 e. The first kappa shape index (κ1) is 12.2. The van der Waals surface area contributed by atoms with E-state index in [-0.39, 0.29) is 19.6 Å². The van der Waals surface area contributed by atoms with Crippen LogP contribution < -0.4 is 11.3 Å². The molecule has 0 aromatic heterocycles. The zero-order valence-electron chi connectivity index (χ0n) is 6.86. The minimum atomic E-state index is -4.17. The lowest BCUT2D eigenvalue weighted by atomic mass is 10.3. The third-order valence-corrected chi connectivity index (χ3v) is 1.14. The average Bonchev–Trinajstić information content (AvgIpc) is 2.01. The topological polar surface area (TPSA) is 64.3 Å². The van der Waals surface area contributed by atoms with Gasteiger partial charge in [-0.1, -0.05) is 0 Å². The summed E-state index contributed by atoms with van der Waals surface area (Å²) in [5.41, 5.74) is 1.79. The van der Waals surface area contributed by atoms with Crippen LogP contribution in [0, 0.1) is 0 Å². The van der Waals surface area contributed by atoms with Crippen LogP contribution in [0.1, 0.15) is 12.8 Å². The average molecular weight is 200 g/mol. The van der Waals surface area contributed by atoms with Gasteiger partial charge in [0.25, 0.3) is 5.91 Å². The Hall–Kier alpha value is -0.820. The van der Waals surface area contributed by atoms with Crippen LogP contribution in [-0.2, 0) is 9.53 Å². The summed E-state index contributed by atoms with van der Waals surface area (Å²) in [5.74, 6) is 4.13. The van der Waals surface area contributed by atoms with Gasteiger partial charge in [-0.2, -0.15) is 13.2 Å². The third kappa shape index (κ3) is 9.09. The molecule has 1 amide bonds. The van der Waals surface area contributed by atoms with Gasteiger partial charge < -0.3 is 4.74 Å². The standard InChI is InChI=1S/C6H11F3N2O2/c7-6(8,9)2-1-3-13-4-5(12)11-10/h1-4,10H2,(H,11,12). The summed E-state index contributed by atoms with van der Waals surface area (Å²) in [7, 11) is 0. The Labute approximate surface area is 73.2 Å². The van der Waals surface area contributed by atoms with E-state index < -0.39 is 18.5 Å². The van der Waals surface area contributed by atoms with E-state index in [0.29, 0.717) is 0 Å². The highest BCUT2D eigenvalue weighted by atomic mass is 19.4. The van der Waals surface area contributed by atoms with Crippen LogP contribution in [0.4, 0.5) is 13.2 Å². The number of nitrogens with two attached hydrogens (primary N) is 1. The quantitative estimate of drug-likeness (QED) is 0.291. The second kappa shape index (κ2) is 5.76. The number of ether oxygens (including phenoxy) is 1. The van der Waals surface area contributed by atoms with Crippen molar-refractivity contribution in [1.29, 1.82) is 0 Å². The summed E-state index contributed by atoms with van der Waals surface area (Å²) >= 11 is 0. The minimum absolute atomic E-state index is 0.104. The number of amides is 1. The third-order valence-electron chi connectivity index (χ3n) is 1.14. The van der Waals surface area contributed by atoms with E-state index in [0.717, 1.165) is 0 Å². The van der Waals surface area contributed by atoms with Crippen molar-refractivity contribution in [2.24, 2.45) is 5.84 Å². The molecule has 0 aliphatic rings. The molecule has 7 heteroatoms.